The Hall–Kier alpha value is 0.354. The van der Waals surface area contributed by atoms with Gasteiger partial charge in [-0.05, 0) is 20.6 Å². The van der Waals surface area contributed by atoms with E-state index in [1.54, 1.807) is 0 Å². The summed E-state index contributed by atoms with van der Waals surface area (Å²) in [7, 11) is 3.76. The van der Waals surface area contributed by atoms with E-state index in [4.69, 9.17) is 0 Å². The summed E-state index contributed by atoms with van der Waals surface area (Å²) in [4.78, 5) is 3.32. The number of nitrogens with zero attached hydrogens (tertiary/aromatic N) is 1. The maximum Gasteiger partial charge on any atom is 0.176 e. The predicted molar refractivity (Wildman–Crippen MR) is 44.2 cm³/mol. The Kier molecular flexibility index (Phi) is 4.44. The fourth-order valence-electron chi connectivity index (χ4n) is 0.494. The second-order valence-corrected chi connectivity index (χ2v) is 7.21. The lowest BCUT2D eigenvalue weighted by atomic mass is 11.6. The van der Waals surface area contributed by atoms with Gasteiger partial charge < -0.3 is 9.21 Å². The van der Waals surface area contributed by atoms with Crippen LogP contribution in [0.3, 0.4) is 0 Å². The van der Waals surface area contributed by atoms with Crippen LogP contribution in [0.2, 0.25) is 13.1 Å². The van der Waals surface area contributed by atoms with Gasteiger partial charge in [-0.3, -0.25) is 0 Å². The largest absolute Gasteiger partial charge is 0.344 e. The molecule has 0 fully saturated rings. The van der Waals surface area contributed by atoms with Crippen molar-refractivity contribution in [2.24, 2.45) is 0 Å². The Morgan fingerprint density at radius 3 is 2.25 bits per heavy atom. The van der Waals surface area contributed by atoms with Crippen molar-refractivity contribution in [3.63, 3.8) is 0 Å². The molecule has 0 saturated heterocycles. The number of rotatable bonds is 3. The number of nitrogens with one attached hydrogen (secondary N) is 1. The van der Waals surface area contributed by atoms with Crippen LogP contribution in [0, 0.1) is 0 Å². The molecule has 1 unspecified atom stereocenters. The van der Waals surface area contributed by atoms with Crippen LogP contribution in [0.1, 0.15) is 0 Å². The van der Waals surface area contributed by atoms with Gasteiger partial charge in [0.05, 0.1) is 9.68 Å². The van der Waals surface area contributed by atoms with E-state index < -0.39 is 9.12 Å². The molecule has 1 atom stereocenters. The fourth-order valence-corrected chi connectivity index (χ4v) is 3.67. The van der Waals surface area contributed by atoms with Gasteiger partial charge >= 0.3 is 0 Å². The third-order valence-electron chi connectivity index (χ3n) is 1.58. The van der Waals surface area contributed by atoms with E-state index in [-0.39, 0.29) is 9.68 Å². The summed E-state index contributed by atoms with van der Waals surface area (Å²) < 4.78 is 2.51. The van der Waals surface area contributed by atoms with Crippen LogP contribution in [-0.2, 0) is 0 Å². The Balaban J connectivity index is 3.29. The molecule has 0 rings (SSSR count). The first-order chi connectivity index (χ1) is 3.72. The van der Waals surface area contributed by atoms with E-state index in [1.165, 1.54) is 0 Å². The van der Waals surface area contributed by atoms with Gasteiger partial charge in [-0.25, -0.2) is 0 Å². The summed E-state index contributed by atoms with van der Waals surface area (Å²) >= 11 is 0. The highest BCUT2D eigenvalue weighted by atomic mass is 28.3. The van der Waals surface area contributed by atoms with Crippen molar-refractivity contribution >= 4 is 18.8 Å². The molecule has 0 amide bonds. The predicted octanol–water partition coefficient (Wildman–Crippen LogP) is -0.880. The minimum absolute atomic E-state index is 0.112. The zero-order valence-corrected chi connectivity index (χ0v) is 8.80. The van der Waals surface area contributed by atoms with Gasteiger partial charge in [0, 0.05) is 0 Å². The van der Waals surface area contributed by atoms with Gasteiger partial charge in [0.2, 0.25) is 0 Å². The highest BCUT2D eigenvalue weighted by molar-refractivity contribution is 6.61. The average Bonchev–Trinajstić information content (AvgIpc) is 1.84. The zero-order chi connectivity index (χ0) is 6.57. The van der Waals surface area contributed by atoms with Crippen molar-refractivity contribution in [2.75, 3.05) is 14.1 Å². The quantitative estimate of drug-likeness (QED) is 0.523. The van der Waals surface area contributed by atoms with Crippen molar-refractivity contribution in [1.29, 1.82) is 0 Å². The van der Waals surface area contributed by atoms with Gasteiger partial charge in [0.25, 0.3) is 0 Å². The van der Waals surface area contributed by atoms with E-state index >= 15 is 0 Å². The van der Waals surface area contributed by atoms with E-state index in [9.17, 15) is 0 Å². The monoisotopic (exact) mass is 148 g/mol. The molecule has 0 radical (unpaired) electrons. The third-order valence-corrected chi connectivity index (χ3v) is 7.47. The molecule has 4 heteroatoms. The lowest BCUT2D eigenvalue weighted by Gasteiger charge is -2.19. The molecule has 0 aliphatic carbocycles. The van der Waals surface area contributed by atoms with Crippen LogP contribution in [0.4, 0.5) is 0 Å². The molecule has 0 bridgehead atoms. The fraction of sp³-hybridized carbons (Fsp3) is 1.00. The second-order valence-electron chi connectivity index (χ2n) is 2.04. The summed E-state index contributed by atoms with van der Waals surface area (Å²) in [6.07, 6.45) is 0. The Morgan fingerprint density at radius 2 is 2.12 bits per heavy atom. The lowest BCUT2D eigenvalue weighted by Crippen LogP contribution is -2.45. The maximum atomic E-state index is 3.32. The van der Waals surface area contributed by atoms with Gasteiger partial charge in [-0.2, -0.15) is 0 Å². The van der Waals surface area contributed by atoms with E-state index in [2.05, 4.69) is 36.4 Å². The van der Waals surface area contributed by atoms with Gasteiger partial charge in [0.1, 0.15) is 0 Å². The maximum absolute atomic E-state index is 3.32. The summed E-state index contributed by atoms with van der Waals surface area (Å²) in [6, 6.07) is 0. The van der Waals surface area contributed by atoms with Gasteiger partial charge in [-0.15, -0.1) is 0 Å². The summed E-state index contributed by atoms with van der Waals surface area (Å²) in [5.74, 6) is 0. The highest BCUT2D eigenvalue weighted by Gasteiger charge is 2.03. The molecular weight excluding hydrogens is 132 g/mol. The first-order valence-corrected chi connectivity index (χ1v) is 7.39. The standard InChI is InChI=1S/C4H16N2Si2/c1-5-8(4)6(2)7-3/h5,8H,7H2,1-4H3. The number of hydrogen-bond acceptors (Lipinski definition) is 2. The van der Waals surface area contributed by atoms with E-state index in [1.807, 2.05) is 0 Å². The molecule has 0 saturated carbocycles. The van der Waals surface area contributed by atoms with Crippen molar-refractivity contribution < 1.29 is 0 Å². The number of hydrogen-bond donors (Lipinski definition) is 1. The molecule has 0 aromatic rings. The van der Waals surface area contributed by atoms with Gasteiger partial charge in [-0.1, -0.05) is 6.55 Å². The molecule has 2 nitrogen and oxygen atoms in total. The van der Waals surface area contributed by atoms with Gasteiger partial charge in [0.15, 0.2) is 9.12 Å². The molecule has 0 heterocycles. The first-order valence-electron chi connectivity index (χ1n) is 3.09. The molecule has 0 aromatic carbocycles. The summed E-state index contributed by atoms with van der Waals surface area (Å²) in [5, 5.41) is 0. The van der Waals surface area contributed by atoms with Crippen LogP contribution < -0.4 is 4.98 Å². The van der Waals surface area contributed by atoms with Crippen LogP contribution in [0.25, 0.3) is 0 Å². The van der Waals surface area contributed by atoms with Crippen LogP contribution in [0.15, 0.2) is 0 Å². The molecule has 0 aromatic heterocycles. The normalized spacial score (nSPS) is 16.1. The Bertz CT molecular complexity index is 52.0. The van der Waals surface area contributed by atoms with E-state index in [0.29, 0.717) is 0 Å². The zero-order valence-electron chi connectivity index (χ0n) is 6.23. The third kappa shape index (κ3) is 2.61. The van der Waals surface area contributed by atoms with Crippen molar-refractivity contribution in [2.45, 2.75) is 13.1 Å². The molecular formula is C4H16N2Si2. The molecule has 0 aliphatic heterocycles. The molecule has 1 N–H and O–H groups in total. The van der Waals surface area contributed by atoms with E-state index in [0.717, 1.165) is 0 Å². The molecule has 0 spiro atoms. The first kappa shape index (κ1) is 8.35. The Labute approximate surface area is 55.9 Å². The highest BCUT2D eigenvalue weighted by Crippen LogP contribution is 1.80. The smallest absolute Gasteiger partial charge is 0.176 e. The summed E-state index contributed by atoms with van der Waals surface area (Å²) in [6.45, 7) is 4.64. The SMILES string of the molecule is CN[SiH](C)N(C)[SiH2]C. The molecule has 0 aliphatic rings. The molecule has 50 valence electrons. The topological polar surface area (TPSA) is 15.3 Å². The van der Waals surface area contributed by atoms with Crippen molar-refractivity contribution in [3.8, 4) is 0 Å². The Morgan fingerprint density at radius 1 is 1.62 bits per heavy atom. The second kappa shape index (κ2) is 4.25. The van der Waals surface area contributed by atoms with Crippen LogP contribution in [-0.4, -0.2) is 37.1 Å². The molecule has 8 heavy (non-hydrogen) atoms. The summed E-state index contributed by atoms with van der Waals surface area (Å²) in [5.41, 5.74) is 0. The van der Waals surface area contributed by atoms with Crippen LogP contribution >= 0.6 is 0 Å². The average molecular weight is 148 g/mol. The van der Waals surface area contributed by atoms with Crippen molar-refractivity contribution in [3.05, 3.63) is 0 Å². The van der Waals surface area contributed by atoms with Crippen molar-refractivity contribution in [1.82, 2.24) is 9.21 Å². The minimum atomic E-state index is -0.630. The lowest BCUT2D eigenvalue weighted by molar-refractivity contribution is 0.797. The minimum Gasteiger partial charge on any atom is -0.344 e. The van der Waals surface area contributed by atoms with Crippen LogP contribution in [0.5, 0.6) is 0 Å².